The SMILES string of the molecule is CCCOCCOCCOCC(=O)N[C@@H](CC(=O)O)C(=O)OC(C)(C)C. The standard InChI is InChI=1S/C17H31NO8/c1-5-6-23-7-8-24-9-10-25-12-14(19)18-13(11-15(20)21)16(22)26-17(2,3)4/h13H,5-12H2,1-4H3,(H,18,19)(H,20,21)/t13-/m0/s1. The van der Waals surface area contributed by atoms with Crippen LogP contribution in [0.3, 0.4) is 0 Å². The van der Waals surface area contributed by atoms with Crippen molar-refractivity contribution in [2.45, 2.75) is 52.2 Å². The first kappa shape index (κ1) is 24.3. The monoisotopic (exact) mass is 377 g/mol. The Bertz CT molecular complexity index is 433. The van der Waals surface area contributed by atoms with Crippen molar-refractivity contribution < 1.29 is 38.4 Å². The van der Waals surface area contributed by atoms with Crippen LogP contribution in [0.4, 0.5) is 0 Å². The molecule has 0 saturated heterocycles. The van der Waals surface area contributed by atoms with Crippen LogP contribution < -0.4 is 5.32 Å². The Hall–Kier alpha value is -1.71. The van der Waals surface area contributed by atoms with Crippen LogP contribution in [0.2, 0.25) is 0 Å². The van der Waals surface area contributed by atoms with E-state index < -0.39 is 35.9 Å². The van der Waals surface area contributed by atoms with Gasteiger partial charge in [0.25, 0.3) is 0 Å². The van der Waals surface area contributed by atoms with Gasteiger partial charge in [0, 0.05) is 6.61 Å². The van der Waals surface area contributed by atoms with Crippen molar-refractivity contribution in [2.75, 3.05) is 39.6 Å². The summed E-state index contributed by atoms with van der Waals surface area (Å²) in [5, 5.41) is 11.2. The highest BCUT2D eigenvalue weighted by molar-refractivity contribution is 5.88. The van der Waals surface area contributed by atoms with Gasteiger partial charge in [0.1, 0.15) is 18.2 Å². The zero-order valence-electron chi connectivity index (χ0n) is 16.0. The quantitative estimate of drug-likeness (QED) is 0.336. The fourth-order valence-corrected chi connectivity index (χ4v) is 1.73. The first-order valence-corrected chi connectivity index (χ1v) is 8.63. The van der Waals surface area contributed by atoms with Gasteiger partial charge in [-0.05, 0) is 27.2 Å². The van der Waals surface area contributed by atoms with Gasteiger partial charge in [0.15, 0.2) is 0 Å². The highest BCUT2D eigenvalue weighted by Crippen LogP contribution is 2.10. The van der Waals surface area contributed by atoms with E-state index in [1.807, 2.05) is 6.92 Å². The predicted molar refractivity (Wildman–Crippen MR) is 92.8 cm³/mol. The van der Waals surface area contributed by atoms with Gasteiger partial charge in [-0.25, -0.2) is 4.79 Å². The first-order valence-electron chi connectivity index (χ1n) is 8.63. The lowest BCUT2D eigenvalue weighted by Crippen LogP contribution is -2.46. The fourth-order valence-electron chi connectivity index (χ4n) is 1.73. The second-order valence-corrected chi connectivity index (χ2v) is 6.53. The van der Waals surface area contributed by atoms with Gasteiger partial charge in [-0.3, -0.25) is 9.59 Å². The van der Waals surface area contributed by atoms with Crippen LogP contribution in [-0.2, 0) is 33.3 Å². The molecule has 0 radical (unpaired) electrons. The fraction of sp³-hybridized carbons (Fsp3) is 0.824. The number of carboxylic acid groups (broad SMARTS) is 1. The number of carbonyl (C=O) groups is 3. The molecule has 26 heavy (non-hydrogen) atoms. The van der Waals surface area contributed by atoms with Crippen LogP contribution in [0, 0.1) is 0 Å². The normalized spacial score (nSPS) is 12.5. The van der Waals surface area contributed by atoms with Crippen LogP contribution >= 0.6 is 0 Å². The maximum absolute atomic E-state index is 12.0. The van der Waals surface area contributed by atoms with Gasteiger partial charge in [0.2, 0.25) is 5.91 Å². The van der Waals surface area contributed by atoms with Crippen LogP contribution in [-0.4, -0.2) is 74.2 Å². The Morgan fingerprint density at radius 1 is 0.962 bits per heavy atom. The number of nitrogens with one attached hydrogen (secondary N) is 1. The van der Waals surface area contributed by atoms with E-state index in [0.717, 1.165) is 6.42 Å². The molecule has 1 atom stereocenters. The molecular formula is C17H31NO8. The summed E-state index contributed by atoms with van der Waals surface area (Å²) in [5.74, 6) is -2.63. The Morgan fingerprint density at radius 3 is 2.00 bits per heavy atom. The third-order valence-electron chi connectivity index (χ3n) is 2.73. The predicted octanol–water partition coefficient (Wildman–Crippen LogP) is 0.747. The highest BCUT2D eigenvalue weighted by atomic mass is 16.6. The summed E-state index contributed by atoms with van der Waals surface area (Å²) < 4.78 is 20.7. The molecule has 0 fully saturated rings. The van der Waals surface area contributed by atoms with Crippen LogP contribution in [0.25, 0.3) is 0 Å². The molecule has 9 nitrogen and oxygen atoms in total. The molecule has 0 saturated carbocycles. The minimum atomic E-state index is -1.27. The number of rotatable bonds is 14. The molecule has 0 rings (SSSR count). The van der Waals surface area contributed by atoms with Gasteiger partial charge in [0.05, 0.1) is 32.8 Å². The van der Waals surface area contributed by atoms with Gasteiger partial charge in [-0.1, -0.05) is 6.92 Å². The molecular weight excluding hydrogens is 346 g/mol. The first-order chi connectivity index (χ1) is 12.2. The van der Waals surface area contributed by atoms with E-state index in [-0.39, 0.29) is 13.2 Å². The summed E-state index contributed by atoms with van der Waals surface area (Å²) in [6.45, 7) is 8.79. The number of esters is 1. The zero-order valence-corrected chi connectivity index (χ0v) is 16.0. The van der Waals surface area contributed by atoms with Crippen molar-refractivity contribution in [2.24, 2.45) is 0 Å². The maximum atomic E-state index is 12.0. The van der Waals surface area contributed by atoms with Gasteiger partial charge in [-0.2, -0.15) is 0 Å². The molecule has 2 N–H and O–H groups in total. The Kier molecular flexibility index (Phi) is 12.6. The number of carboxylic acids is 1. The van der Waals surface area contributed by atoms with E-state index >= 15 is 0 Å². The summed E-state index contributed by atoms with van der Waals surface area (Å²) in [7, 11) is 0. The molecule has 0 aliphatic carbocycles. The number of ether oxygens (including phenoxy) is 4. The van der Waals surface area contributed by atoms with E-state index in [2.05, 4.69) is 5.32 Å². The Morgan fingerprint density at radius 2 is 1.50 bits per heavy atom. The van der Waals surface area contributed by atoms with E-state index in [4.69, 9.17) is 24.1 Å². The number of aliphatic carboxylic acids is 1. The number of carbonyl (C=O) groups excluding carboxylic acids is 2. The molecule has 1 amide bonds. The Balaban J connectivity index is 4.06. The lowest BCUT2D eigenvalue weighted by molar-refractivity contribution is -0.161. The van der Waals surface area contributed by atoms with E-state index in [1.54, 1.807) is 20.8 Å². The lowest BCUT2D eigenvalue weighted by Gasteiger charge is -2.23. The maximum Gasteiger partial charge on any atom is 0.329 e. The van der Waals surface area contributed by atoms with E-state index in [9.17, 15) is 14.4 Å². The molecule has 9 heteroatoms. The summed E-state index contributed by atoms with van der Waals surface area (Å²) in [5.41, 5.74) is -0.784. The van der Waals surface area contributed by atoms with Crippen molar-refractivity contribution in [3.05, 3.63) is 0 Å². The third-order valence-corrected chi connectivity index (χ3v) is 2.73. The highest BCUT2D eigenvalue weighted by Gasteiger charge is 2.28. The summed E-state index contributed by atoms with van der Waals surface area (Å²) >= 11 is 0. The average Bonchev–Trinajstić information content (AvgIpc) is 2.50. The molecule has 0 aliphatic rings. The average molecular weight is 377 g/mol. The molecule has 0 bridgehead atoms. The van der Waals surface area contributed by atoms with Crippen molar-refractivity contribution in [1.82, 2.24) is 5.32 Å². The molecule has 0 heterocycles. The van der Waals surface area contributed by atoms with E-state index in [0.29, 0.717) is 26.4 Å². The molecule has 152 valence electrons. The summed E-state index contributed by atoms with van der Waals surface area (Å²) in [6.07, 6.45) is 0.381. The van der Waals surface area contributed by atoms with Gasteiger partial charge >= 0.3 is 11.9 Å². The molecule has 0 spiro atoms. The molecule has 0 aromatic heterocycles. The smallest absolute Gasteiger partial charge is 0.329 e. The second-order valence-electron chi connectivity index (χ2n) is 6.53. The van der Waals surface area contributed by atoms with Crippen LogP contribution in [0.15, 0.2) is 0 Å². The lowest BCUT2D eigenvalue weighted by atomic mass is 10.1. The Labute approximate surface area is 154 Å². The van der Waals surface area contributed by atoms with Gasteiger partial charge in [-0.15, -0.1) is 0 Å². The summed E-state index contributed by atoms with van der Waals surface area (Å²) in [4.78, 5) is 34.7. The third kappa shape index (κ3) is 14.6. The largest absolute Gasteiger partial charge is 0.481 e. The minimum Gasteiger partial charge on any atom is -0.481 e. The number of hydrogen-bond donors (Lipinski definition) is 2. The van der Waals surface area contributed by atoms with Crippen LogP contribution in [0.1, 0.15) is 40.5 Å². The molecule has 0 aliphatic heterocycles. The van der Waals surface area contributed by atoms with Gasteiger partial charge < -0.3 is 29.4 Å². The number of amides is 1. The summed E-state index contributed by atoms with van der Waals surface area (Å²) in [6, 6.07) is -1.27. The van der Waals surface area contributed by atoms with Crippen molar-refractivity contribution in [3.63, 3.8) is 0 Å². The molecule has 0 aromatic rings. The van der Waals surface area contributed by atoms with Crippen molar-refractivity contribution in [3.8, 4) is 0 Å². The molecule has 0 unspecified atom stereocenters. The minimum absolute atomic E-state index is 0.192. The van der Waals surface area contributed by atoms with Crippen LogP contribution in [0.5, 0.6) is 0 Å². The number of hydrogen-bond acceptors (Lipinski definition) is 7. The zero-order chi connectivity index (χ0) is 20.0. The second kappa shape index (κ2) is 13.5. The topological polar surface area (TPSA) is 120 Å². The molecule has 0 aromatic carbocycles. The van der Waals surface area contributed by atoms with Crippen molar-refractivity contribution >= 4 is 17.8 Å². The van der Waals surface area contributed by atoms with Crippen molar-refractivity contribution in [1.29, 1.82) is 0 Å². The van der Waals surface area contributed by atoms with E-state index in [1.165, 1.54) is 0 Å².